The Morgan fingerprint density at radius 2 is 2.00 bits per heavy atom. The molecule has 0 unspecified atom stereocenters. The standard InChI is InChI=1S/C12H18N2O2S/c1-17(15,16)13-12-6-4-5-11(9-12)10-14-7-2-3-8-14/h4-6,9,13H,2-3,7-8,10H2,1H3. The summed E-state index contributed by atoms with van der Waals surface area (Å²) in [7, 11) is -3.18. The SMILES string of the molecule is CS(=O)(=O)Nc1cccc(CN2CCCC2)c1. The van der Waals surface area contributed by atoms with Gasteiger partial charge >= 0.3 is 0 Å². The van der Waals surface area contributed by atoms with Crippen LogP contribution in [0.4, 0.5) is 5.69 Å². The van der Waals surface area contributed by atoms with E-state index in [4.69, 9.17) is 0 Å². The average molecular weight is 254 g/mol. The van der Waals surface area contributed by atoms with Gasteiger partial charge in [-0.1, -0.05) is 12.1 Å². The number of rotatable bonds is 4. The van der Waals surface area contributed by atoms with Crippen LogP contribution in [0.25, 0.3) is 0 Å². The lowest BCUT2D eigenvalue weighted by atomic mass is 10.2. The van der Waals surface area contributed by atoms with Crippen LogP contribution in [-0.4, -0.2) is 32.7 Å². The highest BCUT2D eigenvalue weighted by atomic mass is 32.2. The van der Waals surface area contributed by atoms with E-state index in [0.29, 0.717) is 5.69 Å². The molecular weight excluding hydrogens is 236 g/mol. The van der Waals surface area contributed by atoms with Crippen LogP contribution in [0.1, 0.15) is 18.4 Å². The van der Waals surface area contributed by atoms with Crippen molar-refractivity contribution in [2.45, 2.75) is 19.4 Å². The van der Waals surface area contributed by atoms with Gasteiger partial charge < -0.3 is 0 Å². The molecule has 1 aliphatic heterocycles. The number of nitrogens with zero attached hydrogens (tertiary/aromatic N) is 1. The Morgan fingerprint density at radius 1 is 1.29 bits per heavy atom. The first kappa shape index (κ1) is 12.4. The van der Waals surface area contributed by atoms with Gasteiger partial charge in [-0.3, -0.25) is 9.62 Å². The van der Waals surface area contributed by atoms with Crippen molar-refractivity contribution in [1.82, 2.24) is 4.90 Å². The van der Waals surface area contributed by atoms with Crippen LogP contribution >= 0.6 is 0 Å². The highest BCUT2D eigenvalue weighted by Crippen LogP contribution is 2.16. The predicted octanol–water partition coefficient (Wildman–Crippen LogP) is 1.65. The summed E-state index contributed by atoms with van der Waals surface area (Å²) >= 11 is 0. The van der Waals surface area contributed by atoms with E-state index in [2.05, 4.69) is 9.62 Å². The number of anilines is 1. The van der Waals surface area contributed by atoms with E-state index in [1.54, 1.807) is 6.07 Å². The van der Waals surface area contributed by atoms with Crippen LogP contribution in [-0.2, 0) is 16.6 Å². The van der Waals surface area contributed by atoms with Crippen molar-refractivity contribution >= 4 is 15.7 Å². The molecule has 0 bridgehead atoms. The van der Waals surface area contributed by atoms with Crippen molar-refractivity contribution in [2.75, 3.05) is 24.1 Å². The topological polar surface area (TPSA) is 49.4 Å². The number of benzene rings is 1. The summed E-state index contributed by atoms with van der Waals surface area (Å²) in [6, 6.07) is 7.60. The molecule has 0 saturated carbocycles. The second kappa shape index (κ2) is 5.06. The van der Waals surface area contributed by atoms with E-state index in [1.165, 1.54) is 19.1 Å². The highest BCUT2D eigenvalue weighted by molar-refractivity contribution is 7.92. The van der Waals surface area contributed by atoms with E-state index >= 15 is 0 Å². The summed E-state index contributed by atoms with van der Waals surface area (Å²) in [6.07, 6.45) is 3.70. The fraction of sp³-hybridized carbons (Fsp3) is 0.500. The third-order valence-electron chi connectivity index (χ3n) is 2.84. The molecule has 17 heavy (non-hydrogen) atoms. The quantitative estimate of drug-likeness (QED) is 0.889. The van der Waals surface area contributed by atoms with Gasteiger partial charge in [-0.2, -0.15) is 0 Å². The normalized spacial score (nSPS) is 17.2. The zero-order valence-corrected chi connectivity index (χ0v) is 10.8. The van der Waals surface area contributed by atoms with Crippen LogP contribution in [0.5, 0.6) is 0 Å². The molecule has 1 heterocycles. The minimum Gasteiger partial charge on any atom is -0.299 e. The maximum Gasteiger partial charge on any atom is 0.229 e. The Labute approximate surface area is 103 Å². The van der Waals surface area contributed by atoms with Gasteiger partial charge in [0.15, 0.2) is 0 Å². The molecule has 4 nitrogen and oxygen atoms in total. The molecule has 1 aromatic rings. The molecule has 1 saturated heterocycles. The molecule has 1 aliphatic rings. The molecular formula is C12H18N2O2S. The first-order chi connectivity index (χ1) is 8.03. The molecule has 0 aromatic heterocycles. The highest BCUT2D eigenvalue weighted by Gasteiger charge is 2.12. The molecule has 94 valence electrons. The number of hydrogen-bond acceptors (Lipinski definition) is 3. The summed E-state index contributed by atoms with van der Waals surface area (Å²) < 4.78 is 24.8. The van der Waals surface area contributed by atoms with E-state index in [1.807, 2.05) is 18.2 Å². The average Bonchev–Trinajstić information content (AvgIpc) is 2.68. The molecule has 2 rings (SSSR count). The summed E-state index contributed by atoms with van der Waals surface area (Å²) in [5.41, 5.74) is 1.80. The zero-order chi connectivity index (χ0) is 12.3. The number of likely N-dealkylation sites (tertiary alicyclic amines) is 1. The Bertz CT molecular complexity index is 479. The lowest BCUT2D eigenvalue weighted by Gasteiger charge is -2.15. The minimum atomic E-state index is -3.18. The molecule has 0 aliphatic carbocycles. The van der Waals surface area contributed by atoms with Crippen molar-refractivity contribution < 1.29 is 8.42 Å². The molecule has 1 fully saturated rings. The van der Waals surface area contributed by atoms with Crippen LogP contribution in [0, 0.1) is 0 Å². The Balaban J connectivity index is 2.05. The van der Waals surface area contributed by atoms with Crippen LogP contribution < -0.4 is 4.72 Å². The predicted molar refractivity (Wildman–Crippen MR) is 69.4 cm³/mol. The molecule has 1 N–H and O–H groups in total. The summed E-state index contributed by atoms with van der Waals surface area (Å²) in [4.78, 5) is 2.39. The monoisotopic (exact) mass is 254 g/mol. The van der Waals surface area contributed by atoms with Gasteiger partial charge in [-0.05, 0) is 43.6 Å². The van der Waals surface area contributed by atoms with E-state index < -0.39 is 10.0 Å². The number of hydrogen-bond donors (Lipinski definition) is 1. The second-order valence-corrected chi connectivity index (χ2v) is 6.31. The fourth-order valence-corrected chi connectivity index (χ4v) is 2.70. The van der Waals surface area contributed by atoms with E-state index in [-0.39, 0.29) is 0 Å². The van der Waals surface area contributed by atoms with Gasteiger partial charge in [0, 0.05) is 12.2 Å². The van der Waals surface area contributed by atoms with Gasteiger partial charge in [-0.25, -0.2) is 8.42 Å². The molecule has 0 radical (unpaired) electrons. The molecule has 0 amide bonds. The summed E-state index contributed by atoms with van der Waals surface area (Å²) in [5.74, 6) is 0. The first-order valence-electron chi connectivity index (χ1n) is 5.82. The Hall–Kier alpha value is -1.07. The molecule has 1 aromatic carbocycles. The first-order valence-corrected chi connectivity index (χ1v) is 7.71. The van der Waals surface area contributed by atoms with Crippen LogP contribution in [0.3, 0.4) is 0 Å². The Kier molecular flexibility index (Phi) is 3.69. The molecule has 0 spiro atoms. The van der Waals surface area contributed by atoms with Crippen molar-refractivity contribution in [3.63, 3.8) is 0 Å². The summed E-state index contributed by atoms with van der Waals surface area (Å²) in [6.45, 7) is 3.19. The van der Waals surface area contributed by atoms with Crippen LogP contribution in [0.2, 0.25) is 0 Å². The lowest BCUT2D eigenvalue weighted by molar-refractivity contribution is 0.331. The van der Waals surface area contributed by atoms with Crippen molar-refractivity contribution in [3.05, 3.63) is 29.8 Å². The number of sulfonamides is 1. The lowest BCUT2D eigenvalue weighted by Crippen LogP contribution is -2.18. The summed E-state index contributed by atoms with van der Waals surface area (Å²) in [5, 5.41) is 0. The second-order valence-electron chi connectivity index (χ2n) is 4.56. The third-order valence-corrected chi connectivity index (χ3v) is 3.44. The van der Waals surface area contributed by atoms with Crippen molar-refractivity contribution in [3.8, 4) is 0 Å². The maximum absolute atomic E-state index is 11.1. The smallest absolute Gasteiger partial charge is 0.229 e. The molecule has 0 atom stereocenters. The van der Waals surface area contributed by atoms with Gasteiger partial charge in [0.25, 0.3) is 0 Å². The zero-order valence-electron chi connectivity index (χ0n) is 10.0. The Morgan fingerprint density at radius 3 is 2.65 bits per heavy atom. The number of nitrogens with one attached hydrogen (secondary N) is 1. The molecule has 5 heteroatoms. The van der Waals surface area contributed by atoms with E-state index in [0.717, 1.165) is 25.2 Å². The van der Waals surface area contributed by atoms with E-state index in [9.17, 15) is 8.42 Å². The van der Waals surface area contributed by atoms with Gasteiger partial charge in [0.2, 0.25) is 10.0 Å². The maximum atomic E-state index is 11.1. The van der Waals surface area contributed by atoms with Gasteiger partial charge in [0.1, 0.15) is 0 Å². The van der Waals surface area contributed by atoms with Crippen LogP contribution in [0.15, 0.2) is 24.3 Å². The van der Waals surface area contributed by atoms with Gasteiger partial charge in [-0.15, -0.1) is 0 Å². The van der Waals surface area contributed by atoms with Gasteiger partial charge in [0.05, 0.1) is 6.26 Å². The largest absolute Gasteiger partial charge is 0.299 e. The third kappa shape index (κ3) is 4.02. The van der Waals surface area contributed by atoms with Crippen molar-refractivity contribution in [1.29, 1.82) is 0 Å². The minimum absolute atomic E-state index is 0.643. The fourth-order valence-electron chi connectivity index (χ4n) is 2.15. The van der Waals surface area contributed by atoms with Crippen molar-refractivity contribution in [2.24, 2.45) is 0 Å².